The van der Waals surface area contributed by atoms with E-state index in [2.05, 4.69) is 5.10 Å². The Kier molecular flexibility index (Phi) is 5.32. The van der Waals surface area contributed by atoms with E-state index >= 15 is 0 Å². The number of amides is 1. The third kappa shape index (κ3) is 4.03. The molecule has 28 heavy (non-hydrogen) atoms. The minimum absolute atomic E-state index is 0.0158. The highest BCUT2D eigenvalue weighted by Gasteiger charge is 2.26. The fourth-order valence-electron chi connectivity index (χ4n) is 4.07. The Labute approximate surface area is 163 Å². The lowest BCUT2D eigenvalue weighted by atomic mass is 10.0. The SMILES string of the molecule is O=C(O)c1cnn(C2CCN(C(=O)c3cccc(OC4CCCC4)c3)CC2)c1. The molecule has 1 aromatic heterocycles. The summed E-state index contributed by atoms with van der Waals surface area (Å²) >= 11 is 0. The minimum Gasteiger partial charge on any atom is -0.490 e. The van der Waals surface area contributed by atoms with Crippen molar-refractivity contribution in [1.29, 1.82) is 0 Å². The Morgan fingerprint density at radius 3 is 2.50 bits per heavy atom. The maximum Gasteiger partial charge on any atom is 0.338 e. The van der Waals surface area contributed by atoms with Crippen LogP contribution >= 0.6 is 0 Å². The van der Waals surface area contributed by atoms with Crippen molar-refractivity contribution < 1.29 is 19.4 Å². The number of aromatic nitrogens is 2. The Balaban J connectivity index is 1.36. The molecule has 1 N–H and O–H groups in total. The van der Waals surface area contributed by atoms with Crippen LogP contribution in [0.4, 0.5) is 0 Å². The zero-order valence-electron chi connectivity index (χ0n) is 15.8. The summed E-state index contributed by atoms with van der Waals surface area (Å²) in [5, 5.41) is 13.2. The lowest BCUT2D eigenvalue weighted by molar-refractivity contribution is 0.0687. The summed E-state index contributed by atoms with van der Waals surface area (Å²) in [7, 11) is 0. The quantitative estimate of drug-likeness (QED) is 0.856. The second kappa shape index (κ2) is 8.04. The van der Waals surface area contributed by atoms with E-state index < -0.39 is 5.97 Å². The number of carboxylic acid groups (broad SMARTS) is 1. The summed E-state index contributed by atoms with van der Waals surface area (Å²) in [5.41, 5.74) is 0.846. The first-order chi connectivity index (χ1) is 13.6. The largest absolute Gasteiger partial charge is 0.490 e. The van der Waals surface area contributed by atoms with Crippen molar-refractivity contribution in [1.82, 2.24) is 14.7 Å². The first-order valence-electron chi connectivity index (χ1n) is 9.93. The van der Waals surface area contributed by atoms with E-state index in [-0.39, 0.29) is 23.6 Å². The van der Waals surface area contributed by atoms with E-state index in [1.54, 1.807) is 10.9 Å². The van der Waals surface area contributed by atoms with Gasteiger partial charge in [-0.25, -0.2) is 4.79 Å². The molecule has 148 valence electrons. The third-order valence-electron chi connectivity index (χ3n) is 5.66. The molecule has 2 fully saturated rings. The van der Waals surface area contributed by atoms with Crippen LogP contribution in [0.15, 0.2) is 36.7 Å². The van der Waals surface area contributed by atoms with Crippen LogP contribution in [-0.4, -0.2) is 50.9 Å². The van der Waals surface area contributed by atoms with Crippen LogP contribution in [0.2, 0.25) is 0 Å². The van der Waals surface area contributed by atoms with Crippen LogP contribution in [0.25, 0.3) is 0 Å². The monoisotopic (exact) mass is 383 g/mol. The number of aromatic carboxylic acids is 1. The number of rotatable bonds is 5. The Bertz CT molecular complexity index is 849. The van der Waals surface area contributed by atoms with Crippen molar-refractivity contribution in [2.24, 2.45) is 0 Å². The lowest BCUT2D eigenvalue weighted by Gasteiger charge is -2.32. The van der Waals surface area contributed by atoms with E-state index in [4.69, 9.17) is 9.84 Å². The molecule has 1 saturated carbocycles. The molecule has 1 saturated heterocycles. The Morgan fingerprint density at radius 1 is 1.07 bits per heavy atom. The molecule has 0 atom stereocenters. The fraction of sp³-hybridized carbons (Fsp3) is 0.476. The number of benzene rings is 1. The summed E-state index contributed by atoms with van der Waals surface area (Å²) in [6.45, 7) is 1.25. The molecule has 1 aromatic carbocycles. The summed E-state index contributed by atoms with van der Waals surface area (Å²) in [6.07, 6.45) is 9.31. The highest BCUT2D eigenvalue weighted by Crippen LogP contribution is 2.26. The van der Waals surface area contributed by atoms with Gasteiger partial charge < -0.3 is 14.7 Å². The molecule has 0 radical (unpaired) electrons. The Morgan fingerprint density at radius 2 is 1.82 bits per heavy atom. The molecule has 0 spiro atoms. The summed E-state index contributed by atoms with van der Waals surface area (Å²) in [4.78, 5) is 25.8. The molecule has 0 bridgehead atoms. The van der Waals surface area contributed by atoms with Crippen LogP contribution in [0, 0.1) is 0 Å². The van der Waals surface area contributed by atoms with Gasteiger partial charge in [-0.2, -0.15) is 5.10 Å². The maximum atomic E-state index is 12.9. The van der Waals surface area contributed by atoms with Crippen molar-refractivity contribution >= 4 is 11.9 Å². The Hall–Kier alpha value is -2.83. The van der Waals surface area contributed by atoms with Crippen molar-refractivity contribution in [3.05, 3.63) is 47.8 Å². The number of carbonyl (C=O) groups is 2. The highest BCUT2D eigenvalue weighted by atomic mass is 16.5. The van der Waals surface area contributed by atoms with E-state index in [1.807, 2.05) is 29.2 Å². The summed E-state index contributed by atoms with van der Waals surface area (Å²) in [5.74, 6) is -0.189. The number of hydrogen-bond acceptors (Lipinski definition) is 4. The van der Waals surface area contributed by atoms with Crippen LogP contribution in [0.1, 0.15) is 65.3 Å². The second-order valence-electron chi connectivity index (χ2n) is 7.59. The molecule has 0 unspecified atom stereocenters. The fourth-order valence-corrected chi connectivity index (χ4v) is 4.07. The normalized spacial score (nSPS) is 18.4. The number of carboxylic acids is 1. The zero-order chi connectivity index (χ0) is 19.5. The topological polar surface area (TPSA) is 84.7 Å². The van der Waals surface area contributed by atoms with Gasteiger partial charge in [0.2, 0.25) is 0 Å². The number of likely N-dealkylation sites (tertiary alicyclic amines) is 1. The van der Waals surface area contributed by atoms with E-state index in [0.29, 0.717) is 18.7 Å². The van der Waals surface area contributed by atoms with Crippen molar-refractivity contribution in [3.8, 4) is 5.75 Å². The van der Waals surface area contributed by atoms with E-state index in [1.165, 1.54) is 19.0 Å². The van der Waals surface area contributed by atoms with Gasteiger partial charge >= 0.3 is 5.97 Å². The summed E-state index contributed by atoms with van der Waals surface area (Å²) in [6, 6.07) is 7.59. The number of hydrogen-bond donors (Lipinski definition) is 1. The number of piperidine rings is 1. The predicted octanol–water partition coefficient (Wildman–Crippen LogP) is 3.38. The molecule has 2 heterocycles. The van der Waals surface area contributed by atoms with Gasteiger partial charge in [-0.15, -0.1) is 0 Å². The van der Waals surface area contributed by atoms with Crippen molar-refractivity contribution in [2.45, 2.75) is 50.7 Å². The van der Waals surface area contributed by atoms with Crippen molar-refractivity contribution in [3.63, 3.8) is 0 Å². The molecule has 1 aliphatic heterocycles. The van der Waals surface area contributed by atoms with E-state index in [0.717, 1.165) is 31.4 Å². The predicted molar refractivity (Wildman–Crippen MR) is 103 cm³/mol. The zero-order valence-corrected chi connectivity index (χ0v) is 15.8. The lowest BCUT2D eigenvalue weighted by Crippen LogP contribution is -2.39. The summed E-state index contributed by atoms with van der Waals surface area (Å²) < 4.78 is 7.73. The first kappa shape index (κ1) is 18.5. The van der Waals surface area contributed by atoms with Gasteiger partial charge in [-0.05, 0) is 56.7 Å². The van der Waals surface area contributed by atoms with Crippen molar-refractivity contribution in [2.75, 3.05) is 13.1 Å². The van der Waals surface area contributed by atoms with Gasteiger partial charge in [0.15, 0.2) is 0 Å². The molecular formula is C21H25N3O4. The standard InChI is InChI=1S/C21H25N3O4/c25-20(15-4-3-7-19(12-15)28-18-5-1-2-6-18)23-10-8-17(9-11-23)24-14-16(13-22-24)21(26)27/h3-4,7,12-14,17-18H,1-2,5-6,8-11H2,(H,26,27). The van der Waals surface area contributed by atoms with Gasteiger partial charge in [0.25, 0.3) is 5.91 Å². The molecule has 1 aliphatic carbocycles. The average molecular weight is 383 g/mol. The minimum atomic E-state index is -0.974. The molecule has 4 rings (SSSR count). The second-order valence-corrected chi connectivity index (χ2v) is 7.59. The van der Waals surface area contributed by atoms with E-state index in [9.17, 15) is 9.59 Å². The van der Waals surface area contributed by atoms with Gasteiger partial charge in [-0.1, -0.05) is 6.07 Å². The average Bonchev–Trinajstić information content (AvgIpc) is 3.40. The number of carbonyl (C=O) groups excluding carboxylic acids is 1. The van der Waals surface area contributed by atoms with Crippen LogP contribution in [0.3, 0.4) is 0 Å². The molecule has 2 aromatic rings. The van der Waals surface area contributed by atoms with Gasteiger partial charge in [0.05, 0.1) is 23.9 Å². The highest BCUT2D eigenvalue weighted by molar-refractivity contribution is 5.94. The molecule has 2 aliphatic rings. The molecule has 7 heteroatoms. The first-order valence-corrected chi connectivity index (χ1v) is 9.93. The molecule has 7 nitrogen and oxygen atoms in total. The molecular weight excluding hydrogens is 358 g/mol. The maximum absolute atomic E-state index is 12.9. The van der Waals surface area contributed by atoms with Crippen LogP contribution in [-0.2, 0) is 0 Å². The smallest absolute Gasteiger partial charge is 0.338 e. The number of ether oxygens (including phenoxy) is 1. The number of nitrogens with zero attached hydrogens (tertiary/aromatic N) is 3. The molecule has 1 amide bonds. The van der Waals surface area contributed by atoms with Crippen LogP contribution in [0.5, 0.6) is 5.75 Å². The third-order valence-corrected chi connectivity index (χ3v) is 5.66. The van der Waals surface area contributed by atoms with Crippen LogP contribution < -0.4 is 4.74 Å². The van der Waals surface area contributed by atoms with Gasteiger partial charge in [-0.3, -0.25) is 9.48 Å². The van der Waals surface area contributed by atoms with Gasteiger partial charge in [0.1, 0.15) is 5.75 Å². The van der Waals surface area contributed by atoms with Gasteiger partial charge in [0, 0.05) is 24.8 Å².